The second-order valence-electron chi connectivity index (χ2n) is 5.54. The van der Waals surface area contributed by atoms with E-state index in [4.69, 9.17) is 5.73 Å². The molecule has 0 spiro atoms. The van der Waals surface area contributed by atoms with E-state index in [0.717, 1.165) is 17.9 Å². The van der Waals surface area contributed by atoms with Gasteiger partial charge in [-0.2, -0.15) is 0 Å². The van der Waals surface area contributed by atoms with Gasteiger partial charge >= 0.3 is 0 Å². The number of likely N-dealkylation sites (tertiary alicyclic amines) is 1. The molecule has 1 aromatic carbocycles. The summed E-state index contributed by atoms with van der Waals surface area (Å²) in [5.74, 6) is 0. The van der Waals surface area contributed by atoms with E-state index >= 15 is 0 Å². The van der Waals surface area contributed by atoms with Crippen molar-refractivity contribution in [1.29, 1.82) is 0 Å². The molecule has 3 N–H and O–H groups in total. The van der Waals surface area contributed by atoms with Gasteiger partial charge in [-0.25, -0.2) is 0 Å². The summed E-state index contributed by atoms with van der Waals surface area (Å²) in [6, 6.07) is 6.63. The van der Waals surface area contributed by atoms with Gasteiger partial charge in [-0.3, -0.25) is 0 Å². The fourth-order valence-electron chi connectivity index (χ4n) is 2.76. The van der Waals surface area contributed by atoms with E-state index in [2.05, 4.69) is 30.1 Å². The largest absolute Gasteiger partial charge is 0.399 e. The van der Waals surface area contributed by atoms with Gasteiger partial charge in [0.25, 0.3) is 0 Å². The Morgan fingerprint density at radius 2 is 1.94 bits per heavy atom. The zero-order chi connectivity index (χ0) is 13.0. The summed E-state index contributed by atoms with van der Waals surface area (Å²) >= 11 is 0. The first-order chi connectivity index (χ1) is 8.63. The van der Waals surface area contributed by atoms with Gasteiger partial charge in [0.1, 0.15) is 0 Å². The number of hydrogen-bond donors (Lipinski definition) is 2. The fourth-order valence-corrected chi connectivity index (χ4v) is 2.76. The molecule has 2 rings (SSSR count). The normalized spacial score (nSPS) is 18.6. The highest BCUT2D eigenvalue weighted by atomic mass is 15.1. The number of rotatable bonds is 4. The molecule has 3 nitrogen and oxygen atoms in total. The van der Waals surface area contributed by atoms with Crippen molar-refractivity contribution in [1.82, 2.24) is 4.90 Å². The molecule has 3 heteroatoms. The Kier molecular flexibility index (Phi) is 4.48. The molecular weight excluding hydrogens is 222 g/mol. The first-order valence-electron chi connectivity index (χ1n) is 6.99. The molecule has 1 atom stereocenters. The monoisotopic (exact) mass is 247 g/mol. The molecule has 18 heavy (non-hydrogen) atoms. The number of piperidine rings is 1. The summed E-state index contributed by atoms with van der Waals surface area (Å²) in [6.45, 7) is 7.95. The molecule has 1 heterocycles. The minimum absolute atomic E-state index is 0.462. The number of aryl methyl sites for hydroxylation is 1. The predicted molar refractivity (Wildman–Crippen MR) is 79.0 cm³/mol. The molecule has 1 unspecified atom stereocenters. The molecule has 0 aliphatic carbocycles. The van der Waals surface area contributed by atoms with Gasteiger partial charge in [0.2, 0.25) is 0 Å². The van der Waals surface area contributed by atoms with Crippen molar-refractivity contribution in [3.63, 3.8) is 0 Å². The van der Waals surface area contributed by atoms with Crippen molar-refractivity contribution in [3.05, 3.63) is 23.8 Å². The zero-order valence-corrected chi connectivity index (χ0v) is 11.6. The smallest absolute Gasteiger partial charge is 0.0365 e. The van der Waals surface area contributed by atoms with Gasteiger partial charge in [-0.05, 0) is 63.5 Å². The Morgan fingerprint density at radius 3 is 2.61 bits per heavy atom. The maximum absolute atomic E-state index is 5.87. The van der Waals surface area contributed by atoms with Crippen LogP contribution in [0.2, 0.25) is 0 Å². The Morgan fingerprint density at radius 1 is 1.22 bits per heavy atom. The van der Waals surface area contributed by atoms with E-state index in [-0.39, 0.29) is 0 Å². The highest BCUT2D eigenvalue weighted by Gasteiger charge is 2.13. The van der Waals surface area contributed by atoms with Gasteiger partial charge in [-0.15, -0.1) is 0 Å². The fraction of sp³-hybridized carbons (Fsp3) is 0.600. The third-order valence-corrected chi connectivity index (χ3v) is 3.49. The Labute approximate surface area is 110 Å². The van der Waals surface area contributed by atoms with Gasteiger partial charge in [-0.1, -0.05) is 6.42 Å². The molecule has 1 aliphatic heterocycles. The SMILES string of the molecule is Cc1cc(N)cc(NC(C)CN2CCCCC2)c1. The molecule has 1 aromatic rings. The van der Waals surface area contributed by atoms with Crippen LogP contribution in [-0.4, -0.2) is 30.6 Å². The van der Waals surface area contributed by atoms with Crippen LogP contribution in [0.5, 0.6) is 0 Å². The highest BCUT2D eigenvalue weighted by molar-refractivity contribution is 5.57. The minimum atomic E-state index is 0.462. The highest BCUT2D eigenvalue weighted by Crippen LogP contribution is 2.17. The molecule has 0 aromatic heterocycles. The van der Waals surface area contributed by atoms with Gasteiger partial charge in [0, 0.05) is 24.0 Å². The number of nitrogens with two attached hydrogens (primary N) is 1. The average Bonchev–Trinajstić information content (AvgIpc) is 2.28. The van der Waals surface area contributed by atoms with Crippen LogP contribution >= 0.6 is 0 Å². The quantitative estimate of drug-likeness (QED) is 0.804. The lowest BCUT2D eigenvalue weighted by Crippen LogP contribution is -2.38. The number of nitrogen functional groups attached to an aromatic ring is 1. The number of benzene rings is 1. The van der Waals surface area contributed by atoms with Crippen LogP contribution in [0.3, 0.4) is 0 Å². The second kappa shape index (κ2) is 6.10. The summed E-state index contributed by atoms with van der Waals surface area (Å²) < 4.78 is 0. The molecule has 0 amide bonds. The van der Waals surface area contributed by atoms with Crippen LogP contribution in [0.25, 0.3) is 0 Å². The van der Waals surface area contributed by atoms with Gasteiger partial charge in [0.15, 0.2) is 0 Å². The third-order valence-electron chi connectivity index (χ3n) is 3.49. The maximum Gasteiger partial charge on any atom is 0.0365 e. The van der Waals surface area contributed by atoms with Gasteiger partial charge < -0.3 is 16.0 Å². The molecule has 1 saturated heterocycles. The molecule has 1 fully saturated rings. The van der Waals surface area contributed by atoms with Crippen LogP contribution in [0, 0.1) is 6.92 Å². The lowest BCUT2D eigenvalue weighted by molar-refractivity contribution is 0.223. The van der Waals surface area contributed by atoms with E-state index in [1.807, 2.05) is 12.1 Å². The first kappa shape index (κ1) is 13.2. The molecule has 100 valence electrons. The van der Waals surface area contributed by atoms with Crippen LogP contribution in [0.1, 0.15) is 31.7 Å². The molecule has 0 saturated carbocycles. The summed E-state index contributed by atoms with van der Waals surface area (Å²) in [7, 11) is 0. The van der Waals surface area contributed by atoms with Crippen molar-refractivity contribution in [2.24, 2.45) is 0 Å². The Hall–Kier alpha value is -1.22. The number of nitrogens with one attached hydrogen (secondary N) is 1. The molecular formula is C15H25N3. The average molecular weight is 247 g/mol. The topological polar surface area (TPSA) is 41.3 Å². The maximum atomic E-state index is 5.87. The third kappa shape index (κ3) is 3.91. The van der Waals surface area contributed by atoms with Crippen molar-refractivity contribution < 1.29 is 0 Å². The summed E-state index contributed by atoms with van der Waals surface area (Å²) in [5, 5.41) is 3.55. The zero-order valence-electron chi connectivity index (χ0n) is 11.6. The van der Waals surface area contributed by atoms with Crippen molar-refractivity contribution >= 4 is 11.4 Å². The summed E-state index contributed by atoms with van der Waals surface area (Å²) in [6.07, 6.45) is 4.10. The Balaban J connectivity index is 1.87. The van der Waals surface area contributed by atoms with Crippen molar-refractivity contribution in [2.75, 3.05) is 30.7 Å². The number of hydrogen-bond acceptors (Lipinski definition) is 3. The standard InChI is InChI=1S/C15H25N3/c1-12-8-14(16)10-15(9-12)17-13(2)11-18-6-4-3-5-7-18/h8-10,13,17H,3-7,11,16H2,1-2H3. The number of nitrogens with zero attached hydrogens (tertiary/aromatic N) is 1. The van der Waals surface area contributed by atoms with Crippen LogP contribution < -0.4 is 11.1 Å². The lowest BCUT2D eigenvalue weighted by atomic mass is 10.1. The summed E-state index contributed by atoms with van der Waals surface area (Å²) in [5.41, 5.74) is 9.05. The minimum Gasteiger partial charge on any atom is -0.399 e. The molecule has 0 radical (unpaired) electrons. The number of anilines is 2. The second-order valence-corrected chi connectivity index (χ2v) is 5.54. The summed E-state index contributed by atoms with van der Waals surface area (Å²) in [4.78, 5) is 2.56. The van der Waals surface area contributed by atoms with Crippen LogP contribution in [0.4, 0.5) is 11.4 Å². The Bertz CT molecular complexity index is 363. The first-order valence-corrected chi connectivity index (χ1v) is 6.99. The van der Waals surface area contributed by atoms with E-state index in [0.29, 0.717) is 6.04 Å². The van der Waals surface area contributed by atoms with E-state index in [9.17, 15) is 0 Å². The van der Waals surface area contributed by atoms with Crippen molar-refractivity contribution in [2.45, 2.75) is 39.2 Å². The lowest BCUT2D eigenvalue weighted by Gasteiger charge is -2.29. The van der Waals surface area contributed by atoms with Crippen LogP contribution in [0.15, 0.2) is 18.2 Å². The van der Waals surface area contributed by atoms with Crippen LogP contribution in [-0.2, 0) is 0 Å². The van der Waals surface area contributed by atoms with Gasteiger partial charge in [0.05, 0.1) is 0 Å². The predicted octanol–water partition coefficient (Wildman–Crippen LogP) is 2.86. The molecule has 0 bridgehead atoms. The molecule has 1 aliphatic rings. The van der Waals surface area contributed by atoms with Crippen molar-refractivity contribution in [3.8, 4) is 0 Å². The van der Waals surface area contributed by atoms with E-state index < -0.39 is 0 Å². The van der Waals surface area contributed by atoms with E-state index in [1.54, 1.807) is 0 Å². The van der Waals surface area contributed by atoms with E-state index in [1.165, 1.54) is 37.9 Å².